The third-order valence-electron chi connectivity index (χ3n) is 4.82. The molecule has 1 saturated heterocycles. The van der Waals surface area contributed by atoms with E-state index in [-0.39, 0.29) is 17.4 Å². The van der Waals surface area contributed by atoms with Gasteiger partial charge >= 0.3 is 0 Å². The quantitative estimate of drug-likeness (QED) is 0.941. The number of carbonyl (C=O) groups excluding carboxylic acids is 1. The number of aryl methyl sites for hydroxylation is 1. The maximum atomic E-state index is 12.9. The van der Waals surface area contributed by atoms with Crippen molar-refractivity contribution in [2.75, 3.05) is 19.6 Å². The number of amides is 1. The van der Waals surface area contributed by atoms with Crippen LogP contribution in [0.15, 0.2) is 12.3 Å². The molecule has 0 bridgehead atoms. The number of rotatable bonds is 3. The second-order valence-corrected chi connectivity index (χ2v) is 7.21. The van der Waals surface area contributed by atoms with Crippen molar-refractivity contribution in [3.05, 3.63) is 23.5 Å². The van der Waals surface area contributed by atoms with Gasteiger partial charge in [0.15, 0.2) is 5.65 Å². The molecule has 2 aromatic rings. The molecule has 1 amide bonds. The van der Waals surface area contributed by atoms with Crippen LogP contribution in [0.4, 0.5) is 0 Å². The average Bonchev–Trinajstić information content (AvgIpc) is 3.10. The fourth-order valence-electron chi connectivity index (χ4n) is 3.19. The molecule has 3 heterocycles. The zero-order valence-electron chi connectivity index (χ0n) is 14.3. The number of hydrogen-bond donors (Lipinski definition) is 1. The van der Waals surface area contributed by atoms with Gasteiger partial charge in [0.25, 0.3) is 5.91 Å². The van der Waals surface area contributed by atoms with Gasteiger partial charge in [-0.15, -0.1) is 0 Å². The van der Waals surface area contributed by atoms with Crippen LogP contribution in [0.1, 0.15) is 49.3 Å². The number of carbonyl (C=O) groups is 1. The predicted molar refractivity (Wildman–Crippen MR) is 90.3 cm³/mol. The zero-order chi connectivity index (χ0) is 16.8. The lowest BCUT2D eigenvalue weighted by Crippen LogP contribution is -2.34. The van der Waals surface area contributed by atoms with Crippen molar-refractivity contribution < 1.29 is 4.79 Å². The highest BCUT2D eigenvalue weighted by Gasteiger charge is 2.35. The highest BCUT2D eigenvalue weighted by Crippen LogP contribution is 2.30. The fraction of sp³-hybridized carbons (Fsp3) is 0.588. The molecular weight excluding hydrogens is 290 g/mol. The molecule has 2 aromatic heterocycles. The normalized spacial score (nSPS) is 21.6. The largest absolute Gasteiger partial charge is 0.338 e. The van der Waals surface area contributed by atoms with Gasteiger partial charge in [-0.25, -0.2) is 9.67 Å². The van der Waals surface area contributed by atoms with Gasteiger partial charge in [-0.1, -0.05) is 6.92 Å². The maximum Gasteiger partial charge on any atom is 0.255 e. The lowest BCUT2D eigenvalue weighted by molar-refractivity contribution is 0.0776. The van der Waals surface area contributed by atoms with Crippen molar-refractivity contribution in [3.8, 4) is 0 Å². The first-order valence-corrected chi connectivity index (χ1v) is 8.19. The Labute approximate surface area is 136 Å². The molecule has 1 aliphatic rings. The fourth-order valence-corrected chi connectivity index (χ4v) is 3.19. The minimum absolute atomic E-state index is 0.0314. The standard InChI is InChI=1S/C17H25N5O/c1-11(2)22-15-13(8-19-22)7-14(12(3)20-15)16(23)21-6-5-17(4,9-18)10-21/h7-8,11H,5-6,9-10,18H2,1-4H3. The lowest BCUT2D eigenvalue weighted by atomic mass is 9.90. The van der Waals surface area contributed by atoms with Crippen molar-refractivity contribution in [2.45, 2.75) is 40.2 Å². The second kappa shape index (κ2) is 5.60. The molecular formula is C17H25N5O. The number of fused-ring (bicyclic) bond motifs is 1. The minimum atomic E-state index is 0.0314. The summed E-state index contributed by atoms with van der Waals surface area (Å²) in [5.41, 5.74) is 8.13. The molecule has 0 spiro atoms. The minimum Gasteiger partial charge on any atom is -0.338 e. The van der Waals surface area contributed by atoms with E-state index in [0.29, 0.717) is 18.7 Å². The molecule has 6 heteroatoms. The van der Waals surface area contributed by atoms with Crippen LogP contribution in [0, 0.1) is 12.3 Å². The van der Waals surface area contributed by atoms with Crippen LogP contribution < -0.4 is 5.73 Å². The highest BCUT2D eigenvalue weighted by molar-refractivity contribution is 5.98. The Hall–Kier alpha value is -1.95. The van der Waals surface area contributed by atoms with Crippen LogP contribution in [-0.2, 0) is 0 Å². The molecule has 1 fully saturated rings. The van der Waals surface area contributed by atoms with Crippen molar-refractivity contribution in [3.63, 3.8) is 0 Å². The van der Waals surface area contributed by atoms with Gasteiger partial charge in [0.1, 0.15) is 0 Å². The average molecular weight is 315 g/mol. The summed E-state index contributed by atoms with van der Waals surface area (Å²) in [5.74, 6) is 0.0476. The number of likely N-dealkylation sites (tertiary alicyclic amines) is 1. The predicted octanol–water partition coefficient (Wildman–Crippen LogP) is 2.13. The van der Waals surface area contributed by atoms with Crippen molar-refractivity contribution in [2.24, 2.45) is 11.1 Å². The summed E-state index contributed by atoms with van der Waals surface area (Å²) in [6.45, 7) is 10.2. The van der Waals surface area contributed by atoms with Gasteiger partial charge in [-0.3, -0.25) is 4.79 Å². The van der Waals surface area contributed by atoms with Crippen LogP contribution in [0.25, 0.3) is 11.0 Å². The van der Waals surface area contributed by atoms with Crippen LogP contribution in [0.2, 0.25) is 0 Å². The van der Waals surface area contributed by atoms with Crippen molar-refractivity contribution >= 4 is 16.9 Å². The molecule has 1 atom stereocenters. The Bertz CT molecular complexity index is 751. The number of nitrogens with two attached hydrogens (primary N) is 1. The lowest BCUT2D eigenvalue weighted by Gasteiger charge is -2.23. The van der Waals surface area contributed by atoms with E-state index in [1.807, 2.05) is 22.6 Å². The number of hydrogen-bond acceptors (Lipinski definition) is 4. The SMILES string of the molecule is Cc1nc2c(cnn2C(C)C)cc1C(=O)N1CCC(C)(CN)C1. The number of nitrogens with zero attached hydrogens (tertiary/aromatic N) is 4. The molecule has 6 nitrogen and oxygen atoms in total. The summed E-state index contributed by atoms with van der Waals surface area (Å²) < 4.78 is 1.89. The molecule has 3 rings (SSSR count). The van der Waals surface area contributed by atoms with Gasteiger partial charge in [0.2, 0.25) is 0 Å². The summed E-state index contributed by atoms with van der Waals surface area (Å²) in [6, 6.07) is 2.16. The highest BCUT2D eigenvalue weighted by atomic mass is 16.2. The van der Waals surface area contributed by atoms with E-state index < -0.39 is 0 Å². The van der Waals surface area contributed by atoms with Crippen LogP contribution in [0.5, 0.6) is 0 Å². The van der Waals surface area contributed by atoms with E-state index in [1.54, 1.807) is 6.20 Å². The van der Waals surface area contributed by atoms with Crippen LogP contribution in [0.3, 0.4) is 0 Å². The molecule has 0 aromatic carbocycles. The number of aromatic nitrogens is 3. The zero-order valence-corrected chi connectivity index (χ0v) is 14.3. The Balaban J connectivity index is 1.94. The summed E-state index contributed by atoms with van der Waals surface area (Å²) in [7, 11) is 0. The van der Waals surface area contributed by atoms with Gasteiger partial charge < -0.3 is 10.6 Å². The van der Waals surface area contributed by atoms with Gasteiger partial charge in [0, 0.05) is 24.5 Å². The first-order chi connectivity index (χ1) is 10.8. The van der Waals surface area contributed by atoms with E-state index >= 15 is 0 Å². The topological polar surface area (TPSA) is 77.0 Å². The smallest absolute Gasteiger partial charge is 0.255 e. The first kappa shape index (κ1) is 15.9. The Morgan fingerprint density at radius 3 is 2.83 bits per heavy atom. The van der Waals surface area contributed by atoms with E-state index in [1.165, 1.54) is 0 Å². The van der Waals surface area contributed by atoms with E-state index in [4.69, 9.17) is 5.73 Å². The summed E-state index contributed by atoms with van der Waals surface area (Å²) >= 11 is 0. The number of pyridine rings is 1. The molecule has 1 unspecified atom stereocenters. The van der Waals surface area contributed by atoms with E-state index in [9.17, 15) is 4.79 Å². The molecule has 23 heavy (non-hydrogen) atoms. The van der Waals surface area contributed by atoms with Gasteiger partial charge in [0.05, 0.1) is 17.5 Å². The van der Waals surface area contributed by atoms with E-state index in [2.05, 4.69) is 30.9 Å². The van der Waals surface area contributed by atoms with Gasteiger partial charge in [-0.2, -0.15) is 5.10 Å². The Morgan fingerprint density at radius 2 is 2.22 bits per heavy atom. The van der Waals surface area contributed by atoms with Crippen molar-refractivity contribution in [1.82, 2.24) is 19.7 Å². The third-order valence-corrected chi connectivity index (χ3v) is 4.82. The molecule has 1 aliphatic heterocycles. The molecule has 0 saturated carbocycles. The van der Waals surface area contributed by atoms with Crippen LogP contribution in [-0.4, -0.2) is 45.2 Å². The maximum absolute atomic E-state index is 12.9. The first-order valence-electron chi connectivity index (χ1n) is 8.19. The Kier molecular flexibility index (Phi) is 3.88. The van der Waals surface area contributed by atoms with E-state index in [0.717, 1.165) is 29.7 Å². The molecule has 124 valence electrons. The monoisotopic (exact) mass is 315 g/mol. The second-order valence-electron chi connectivity index (χ2n) is 7.21. The van der Waals surface area contributed by atoms with Crippen molar-refractivity contribution in [1.29, 1.82) is 0 Å². The summed E-state index contributed by atoms with van der Waals surface area (Å²) in [4.78, 5) is 19.4. The summed E-state index contributed by atoms with van der Waals surface area (Å²) in [6.07, 6.45) is 2.74. The molecule has 0 aliphatic carbocycles. The Morgan fingerprint density at radius 1 is 1.48 bits per heavy atom. The molecule has 0 radical (unpaired) electrons. The molecule has 2 N–H and O–H groups in total. The third kappa shape index (κ3) is 2.72. The summed E-state index contributed by atoms with van der Waals surface area (Å²) in [5, 5.41) is 5.29. The van der Waals surface area contributed by atoms with Crippen LogP contribution >= 0.6 is 0 Å². The van der Waals surface area contributed by atoms with Gasteiger partial charge in [-0.05, 0) is 45.2 Å².